The number of anilines is 2. The Hall–Kier alpha value is -2.70. The van der Waals surface area contributed by atoms with Crippen LogP contribution in [0.5, 0.6) is 0 Å². The van der Waals surface area contributed by atoms with E-state index in [-0.39, 0.29) is 11.4 Å². The maximum Gasteiger partial charge on any atom is 0.359 e. The van der Waals surface area contributed by atoms with E-state index >= 15 is 0 Å². The van der Waals surface area contributed by atoms with E-state index in [1.165, 1.54) is 0 Å². The van der Waals surface area contributed by atoms with Gasteiger partial charge in [-0.2, -0.15) is 0 Å². The highest BCUT2D eigenvalue weighted by Gasteiger charge is 2.34. The second-order valence-electron chi connectivity index (χ2n) is 6.84. The van der Waals surface area contributed by atoms with Gasteiger partial charge in [0.25, 0.3) is 0 Å². The van der Waals surface area contributed by atoms with E-state index in [2.05, 4.69) is 0 Å². The Morgan fingerprint density at radius 2 is 0.967 bits per heavy atom. The second kappa shape index (κ2) is 10.9. The average molecular weight is 451 g/mol. The van der Waals surface area contributed by atoms with Crippen LogP contribution in [-0.2, 0) is 19.1 Å². The van der Waals surface area contributed by atoms with Crippen LogP contribution in [0, 0.1) is 0 Å². The molecule has 2 aromatic rings. The van der Waals surface area contributed by atoms with Gasteiger partial charge in [0.05, 0.1) is 23.6 Å². The highest BCUT2D eigenvalue weighted by atomic mass is 35.5. The van der Waals surface area contributed by atoms with Crippen molar-refractivity contribution < 1.29 is 19.1 Å². The Labute approximate surface area is 186 Å². The Balaban J connectivity index is 2.71. The lowest BCUT2D eigenvalue weighted by atomic mass is 10.2. The molecule has 0 N–H and O–H groups in total. The fraction of sp³-hybridized carbons (Fsp3) is 0.273. The third kappa shape index (κ3) is 6.15. The van der Waals surface area contributed by atoms with Crippen molar-refractivity contribution >= 4 is 46.9 Å². The lowest BCUT2D eigenvalue weighted by molar-refractivity contribution is -0.146. The lowest BCUT2D eigenvalue weighted by Gasteiger charge is -2.26. The SMILES string of the molecule is CC(C)OC(=O)/C(=C(/C(=O)OC(C)C)N(Cl)c1ccccc1)N(Cl)c1ccccc1. The number of rotatable bonds is 8. The van der Waals surface area contributed by atoms with Crippen molar-refractivity contribution in [2.75, 3.05) is 8.84 Å². The molecule has 0 bridgehead atoms. The van der Waals surface area contributed by atoms with E-state index in [9.17, 15) is 9.59 Å². The molecule has 0 saturated heterocycles. The van der Waals surface area contributed by atoms with Gasteiger partial charge in [0.2, 0.25) is 0 Å². The number of hydrogen-bond acceptors (Lipinski definition) is 6. The summed E-state index contributed by atoms with van der Waals surface area (Å²) in [4.78, 5) is 26.1. The van der Waals surface area contributed by atoms with Crippen LogP contribution >= 0.6 is 23.6 Å². The van der Waals surface area contributed by atoms with Gasteiger partial charge >= 0.3 is 11.9 Å². The van der Waals surface area contributed by atoms with E-state index in [0.717, 1.165) is 8.84 Å². The number of benzene rings is 2. The van der Waals surface area contributed by atoms with Crippen LogP contribution in [0.15, 0.2) is 72.1 Å². The summed E-state index contributed by atoms with van der Waals surface area (Å²) in [7, 11) is 0. The highest BCUT2D eigenvalue weighted by molar-refractivity contribution is 6.34. The number of carbonyl (C=O) groups is 2. The molecule has 2 aromatic carbocycles. The molecule has 0 aromatic heterocycles. The first-order valence-electron chi connectivity index (χ1n) is 9.40. The molecule has 0 aliphatic heterocycles. The number of halogens is 2. The normalized spacial score (nSPS) is 11.7. The van der Waals surface area contributed by atoms with Crippen LogP contribution in [0.3, 0.4) is 0 Å². The minimum Gasteiger partial charge on any atom is -0.458 e. The summed E-state index contributed by atoms with van der Waals surface area (Å²) >= 11 is 13.1. The van der Waals surface area contributed by atoms with Gasteiger partial charge < -0.3 is 9.47 Å². The van der Waals surface area contributed by atoms with Gasteiger partial charge in [0, 0.05) is 23.6 Å². The third-order valence-corrected chi connectivity index (χ3v) is 4.38. The molecule has 2 rings (SSSR count). The van der Waals surface area contributed by atoms with Gasteiger partial charge in [-0.25, -0.2) is 18.4 Å². The molecule has 8 heteroatoms. The standard InChI is InChI=1S/C22H24Cl2N2O4/c1-15(2)29-21(27)19(25(23)17-11-7-5-8-12-17)20(22(28)30-16(3)4)26(24)18-13-9-6-10-14-18/h5-16H,1-4H3/b20-19+. The predicted molar refractivity (Wildman–Crippen MR) is 119 cm³/mol. The number of ether oxygens (including phenoxy) is 2. The molecule has 0 aliphatic rings. The highest BCUT2D eigenvalue weighted by Crippen LogP contribution is 2.31. The maximum absolute atomic E-state index is 13.0. The monoisotopic (exact) mass is 450 g/mol. The van der Waals surface area contributed by atoms with E-state index in [4.69, 9.17) is 33.0 Å². The van der Waals surface area contributed by atoms with Gasteiger partial charge in [-0.3, -0.25) is 0 Å². The first-order valence-corrected chi connectivity index (χ1v) is 10.1. The minimum atomic E-state index is -0.818. The third-order valence-electron chi connectivity index (χ3n) is 3.65. The molecule has 0 aliphatic carbocycles. The number of carbonyl (C=O) groups excluding carboxylic acids is 2. The average Bonchev–Trinajstić information content (AvgIpc) is 2.71. The van der Waals surface area contributed by atoms with Crippen molar-refractivity contribution in [3.63, 3.8) is 0 Å². The Morgan fingerprint density at radius 1 is 0.667 bits per heavy atom. The fourth-order valence-electron chi connectivity index (χ4n) is 2.46. The fourth-order valence-corrected chi connectivity index (χ4v) is 2.98. The van der Waals surface area contributed by atoms with Crippen molar-refractivity contribution in [3.05, 3.63) is 72.1 Å². The van der Waals surface area contributed by atoms with E-state index in [0.29, 0.717) is 11.4 Å². The predicted octanol–water partition coefficient (Wildman–Crippen LogP) is 5.42. The molecule has 0 fully saturated rings. The largest absolute Gasteiger partial charge is 0.458 e. The van der Waals surface area contributed by atoms with Gasteiger partial charge in [0.1, 0.15) is 0 Å². The van der Waals surface area contributed by atoms with E-state index in [1.807, 2.05) is 0 Å². The molecule has 160 valence electrons. The summed E-state index contributed by atoms with van der Waals surface area (Å²) < 4.78 is 12.8. The van der Waals surface area contributed by atoms with Gasteiger partial charge in [0.15, 0.2) is 11.4 Å². The number of hydrogen-bond donors (Lipinski definition) is 0. The molecule has 6 nitrogen and oxygen atoms in total. The summed E-state index contributed by atoms with van der Waals surface area (Å²) in [5.41, 5.74) is 0.368. The topological polar surface area (TPSA) is 59.1 Å². The van der Waals surface area contributed by atoms with Crippen LogP contribution in [0.4, 0.5) is 11.4 Å². The molecule has 0 unspecified atom stereocenters. The molecule has 0 radical (unpaired) electrons. The van der Waals surface area contributed by atoms with Crippen molar-refractivity contribution in [1.82, 2.24) is 0 Å². The molecule has 0 atom stereocenters. The van der Waals surface area contributed by atoms with Crippen molar-refractivity contribution in [2.45, 2.75) is 39.9 Å². The Kier molecular flexibility index (Phi) is 8.57. The number of esters is 2. The zero-order valence-electron chi connectivity index (χ0n) is 17.2. The maximum atomic E-state index is 13.0. The van der Waals surface area contributed by atoms with Crippen LogP contribution in [0.2, 0.25) is 0 Å². The van der Waals surface area contributed by atoms with E-state index < -0.39 is 24.1 Å². The summed E-state index contributed by atoms with van der Waals surface area (Å²) in [5, 5.41) is 0. The second-order valence-corrected chi connectivity index (χ2v) is 7.51. The first-order chi connectivity index (χ1) is 14.2. The van der Waals surface area contributed by atoms with E-state index in [1.54, 1.807) is 88.4 Å². The van der Waals surface area contributed by atoms with Gasteiger partial charge in [-0.1, -0.05) is 36.4 Å². The van der Waals surface area contributed by atoms with Crippen LogP contribution < -0.4 is 8.84 Å². The molecule has 0 saturated carbocycles. The molecule has 0 heterocycles. The molecular formula is C22H24Cl2N2O4. The Morgan fingerprint density at radius 3 is 1.23 bits per heavy atom. The summed E-state index contributed by atoms with van der Waals surface area (Å²) in [6, 6.07) is 17.3. The summed E-state index contributed by atoms with van der Waals surface area (Å²) in [6.45, 7) is 6.77. The minimum absolute atomic E-state index is 0.263. The Bertz CT molecular complexity index is 813. The van der Waals surface area contributed by atoms with Crippen LogP contribution in [-0.4, -0.2) is 24.1 Å². The summed E-state index contributed by atoms with van der Waals surface area (Å²) in [6.07, 6.45) is -0.896. The van der Waals surface area contributed by atoms with Crippen molar-refractivity contribution in [1.29, 1.82) is 0 Å². The van der Waals surface area contributed by atoms with Crippen LogP contribution in [0.25, 0.3) is 0 Å². The number of nitrogens with zero attached hydrogens (tertiary/aromatic N) is 2. The smallest absolute Gasteiger partial charge is 0.359 e. The molecule has 0 spiro atoms. The zero-order valence-corrected chi connectivity index (χ0v) is 18.7. The molecular weight excluding hydrogens is 427 g/mol. The molecule has 0 amide bonds. The van der Waals surface area contributed by atoms with Crippen LogP contribution in [0.1, 0.15) is 27.7 Å². The van der Waals surface area contributed by atoms with Crippen molar-refractivity contribution in [3.8, 4) is 0 Å². The summed E-state index contributed by atoms with van der Waals surface area (Å²) in [5.74, 6) is -1.64. The zero-order chi connectivity index (χ0) is 22.3. The molecule has 30 heavy (non-hydrogen) atoms. The quantitative estimate of drug-likeness (QED) is 0.303. The first kappa shape index (κ1) is 23.6. The lowest BCUT2D eigenvalue weighted by Crippen LogP contribution is -2.33. The van der Waals surface area contributed by atoms with Gasteiger partial charge in [-0.15, -0.1) is 0 Å². The van der Waals surface area contributed by atoms with Gasteiger partial charge in [-0.05, 0) is 52.0 Å². The number of para-hydroxylation sites is 2. The van der Waals surface area contributed by atoms with Crippen molar-refractivity contribution in [2.24, 2.45) is 0 Å².